The highest BCUT2D eigenvalue weighted by molar-refractivity contribution is 7.13. The molecule has 1 aromatic heterocycles. The summed E-state index contributed by atoms with van der Waals surface area (Å²) in [6.45, 7) is 1.49. The predicted molar refractivity (Wildman–Crippen MR) is 69.0 cm³/mol. The molecule has 1 heterocycles. The number of anilines is 2. The number of ketones is 1. The fourth-order valence-electron chi connectivity index (χ4n) is 1.28. The summed E-state index contributed by atoms with van der Waals surface area (Å²) in [5.41, 5.74) is 2.73. The van der Waals surface area contributed by atoms with Crippen molar-refractivity contribution in [2.45, 2.75) is 6.92 Å². The number of benzene rings is 1. The van der Waals surface area contributed by atoms with Crippen LogP contribution in [0.15, 0.2) is 29.8 Å². The van der Waals surface area contributed by atoms with E-state index in [0.717, 1.165) is 0 Å². The second-order valence-electron chi connectivity index (χ2n) is 3.46. The Kier molecular flexibility index (Phi) is 3.63. The quantitative estimate of drug-likeness (QED) is 0.832. The molecule has 0 spiro atoms. The molecule has 2 amide bonds. The van der Waals surface area contributed by atoms with Crippen LogP contribution < -0.4 is 10.6 Å². The second kappa shape index (κ2) is 5.37. The van der Waals surface area contributed by atoms with E-state index in [9.17, 15) is 9.59 Å². The van der Waals surface area contributed by atoms with Crippen molar-refractivity contribution in [1.82, 2.24) is 10.2 Å². The highest BCUT2D eigenvalue weighted by atomic mass is 32.1. The number of aromatic nitrogens is 2. The lowest BCUT2D eigenvalue weighted by atomic mass is 10.1. The summed E-state index contributed by atoms with van der Waals surface area (Å²) in [4.78, 5) is 22.6. The second-order valence-corrected chi connectivity index (χ2v) is 4.29. The molecule has 0 atom stereocenters. The van der Waals surface area contributed by atoms with E-state index in [1.165, 1.54) is 23.8 Å². The van der Waals surface area contributed by atoms with Crippen LogP contribution in [-0.2, 0) is 0 Å². The van der Waals surface area contributed by atoms with Gasteiger partial charge in [-0.2, -0.15) is 0 Å². The van der Waals surface area contributed by atoms with Crippen molar-refractivity contribution in [2.75, 3.05) is 10.6 Å². The topological polar surface area (TPSA) is 84.0 Å². The lowest BCUT2D eigenvalue weighted by Gasteiger charge is -2.05. The van der Waals surface area contributed by atoms with E-state index in [2.05, 4.69) is 20.8 Å². The summed E-state index contributed by atoms with van der Waals surface area (Å²) in [6, 6.07) is 6.24. The lowest BCUT2D eigenvalue weighted by Crippen LogP contribution is -2.19. The average Bonchev–Trinajstić information content (AvgIpc) is 2.82. The Labute approximate surface area is 107 Å². The van der Waals surface area contributed by atoms with Crippen LogP contribution in [-0.4, -0.2) is 22.0 Å². The first-order valence-corrected chi connectivity index (χ1v) is 5.98. The Morgan fingerprint density at radius 3 is 2.44 bits per heavy atom. The van der Waals surface area contributed by atoms with Crippen LogP contribution in [0.25, 0.3) is 0 Å². The molecule has 2 rings (SSSR count). The first kappa shape index (κ1) is 12.2. The van der Waals surface area contributed by atoms with Crippen LogP contribution in [0.3, 0.4) is 0 Å². The standard InChI is InChI=1S/C11H10N4O2S/c1-7(16)8-2-4-9(5-3-8)13-10(17)14-11-15-12-6-18-11/h2-6H,1H3,(H2,13,14,15,17). The van der Waals surface area contributed by atoms with Gasteiger partial charge >= 0.3 is 6.03 Å². The maximum atomic E-state index is 11.5. The largest absolute Gasteiger partial charge is 0.325 e. The number of carbonyl (C=O) groups is 2. The Morgan fingerprint density at radius 2 is 1.89 bits per heavy atom. The van der Waals surface area contributed by atoms with Crippen molar-refractivity contribution in [1.29, 1.82) is 0 Å². The number of nitrogens with zero attached hydrogens (tertiary/aromatic N) is 2. The zero-order valence-electron chi connectivity index (χ0n) is 9.51. The van der Waals surface area contributed by atoms with E-state index in [4.69, 9.17) is 0 Å². The van der Waals surface area contributed by atoms with Crippen LogP contribution in [0, 0.1) is 0 Å². The molecule has 6 nitrogen and oxygen atoms in total. The molecule has 0 aliphatic rings. The number of urea groups is 1. The molecule has 0 saturated heterocycles. The molecule has 1 aromatic carbocycles. The van der Waals surface area contributed by atoms with Crippen molar-refractivity contribution in [3.63, 3.8) is 0 Å². The fourth-order valence-corrected chi connectivity index (χ4v) is 1.72. The zero-order chi connectivity index (χ0) is 13.0. The van der Waals surface area contributed by atoms with Crippen LogP contribution in [0.2, 0.25) is 0 Å². The molecule has 0 bridgehead atoms. The minimum absolute atomic E-state index is 0.0140. The molecule has 2 N–H and O–H groups in total. The van der Waals surface area contributed by atoms with Gasteiger partial charge in [0.15, 0.2) is 5.78 Å². The van der Waals surface area contributed by atoms with Crippen molar-refractivity contribution < 1.29 is 9.59 Å². The van der Waals surface area contributed by atoms with Gasteiger partial charge in [-0.1, -0.05) is 11.3 Å². The normalized spacial score (nSPS) is 9.83. The number of amides is 2. The van der Waals surface area contributed by atoms with E-state index >= 15 is 0 Å². The van der Waals surface area contributed by atoms with Gasteiger partial charge in [-0.05, 0) is 31.2 Å². The van der Waals surface area contributed by atoms with Gasteiger partial charge in [-0.15, -0.1) is 10.2 Å². The molecule has 18 heavy (non-hydrogen) atoms. The molecule has 0 fully saturated rings. The molecule has 0 aliphatic carbocycles. The molecule has 2 aromatic rings. The highest BCUT2D eigenvalue weighted by Crippen LogP contribution is 2.12. The smallest absolute Gasteiger partial charge is 0.308 e. The molecule has 0 saturated carbocycles. The average molecular weight is 262 g/mol. The van der Waals surface area contributed by atoms with Crippen LogP contribution in [0.5, 0.6) is 0 Å². The van der Waals surface area contributed by atoms with Crippen molar-refractivity contribution in [3.05, 3.63) is 35.3 Å². The first-order valence-electron chi connectivity index (χ1n) is 5.10. The van der Waals surface area contributed by atoms with E-state index in [1.54, 1.807) is 24.3 Å². The van der Waals surface area contributed by atoms with Gasteiger partial charge in [0.25, 0.3) is 0 Å². The fraction of sp³-hybridized carbons (Fsp3) is 0.0909. The van der Waals surface area contributed by atoms with Gasteiger partial charge in [-0.25, -0.2) is 4.79 Å². The highest BCUT2D eigenvalue weighted by Gasteiger charge is 2.05. The predicted octanol–water partition coefficient (Wildman–Crippen LogP) is 2.38. The van der Waals surface area contributed by atoms with E-state index in [1.807, 2.05) is 0 Å². The Balaban J connectivity index is 1.97. The summed E-state index contributed by atoms with van der Waals surface area (Å²) in [5.74, 6) is -0.0140. The van der Waals surface area contributed by atoms with Crippen LogP contribution in [0.1, 0.15) is 17.3 Å². The summed E-state index contributed by atoms with van der Waals surface area (Å²) < 4.78 is 0. The monoisotopic (exact) mass is 262 g/mol. The van der Waals surface area contributed by atoms with Gasteiger partial charge in [-0.3, -0.25) is 10.1 Å². The minimum Gasteiger partial charge on any atom is -0.308 e. The maximum absolute atomic E-state index is 11.5. The third kappa shape index (κ3) is 3.11. The molecular weight excluding hydrogens is 252 g/mol. The number of nitrogens with one attached hydrogen (secondary N) is 2. The van der Waals surface area contributed by atoms with E-state index < -0.39 is 6.03 Å². The number of rotatable bonds is 3. The van der Waals surface area contributed by atoms with Gasteiger partial charge in [0.05, 0.1) is 0 Å². The number of hydrogen-bond acceptors (Lipinski definition) is 5. The Bertz CT molecular complexity index is 551. The molecule has 7 heteroatoms. The summed E-state index contributed by atoms with van der Waals surface area (Å²) >= 11 is 1.23. The summed E-state index contributed by atoms with van der Waals surface area (Å²) in [7, 11) is 0. The van der Waals surface area contributed by atoms with E-state index in [0.29, 0.717) is 16.4 Å². The third-order valence-electron chi connectivity index (χ3n) is 2.13. The minimum atomic E-state index is -0.401. The van der Waals surface area contributed by atoms with Gasteiger partial charge < -0.3 is 5.32 Å². The van der Waals surface area contributed by atoms with Crippen molar-refractivity contribution in [3.8, 4) is 0 Å². The molecule has 92 valence electrons. The van der Waals surface area contributed by atoms with Crippen LogP contribution >= 0.6 is 11.3 Å². The first-order chi connectivity index (χ1) is 8.65. The van der Waals surface area contributed by atoms with Gasteiger partial charge in [0.1, 0.15) is 5.51 Å². The Hall–Kier alpha value is -2.28. The Morgan fingerprint density at radius 1 is 1.17 bits per heavy atom. The van der Waals surface area contributed by atoms with Gasteiger partial charge in [0, 0.05) is 11.3 Å². The number of Topliss-reactive ketones (excluding diaryl/α,β-unsaturated/α-hetero) is 1. The summed E-state index contributed by atoms with van der Waals surface area (Å²) in [6.07, 6.45) is 0. The van der Waals surface area contributed by atoms with E-state index in [-0.39, 0.29) is 5.78 Å². The zero-order valence-corrected chi connectivity index (χ0v) is 10.3. The molecule has 0 unspecified atom stereocenters. The third-order valence-corrected chi connectivity index (χ3v) is 2.74. The van der Waals surface area contributed by atoms with Crippen molar-refractivity contribution >= 4 is 34.0 Å². The number of carbonyl (C=O) groups excluding carboxylic acids is 2. The van der Waals surface area contributed by atoms with Gasteiger partial charge in [0.2, 0.25) is 5.13 Å². The number of hydrogen-bond donors (Lipinski definition) is 2. The summed E-state index contributed by atoms with van der Waals surface area (Å²) in [5, 5.41) is 12.9. The molecule has 0 aliphatic heterocycles. The van der Waals surface area contributed by atoms with Crippen LogP contribution in [0.4, 0.5) is 15.6 Å². The molecule has 0 radical (unpaired) electrons. The molecular formula is C11H10N4O2S. The lowest BCUT2D eigenvalue weighted by molar-refractivity contribution is 0.101. The SMILES string of the molecule is CC(=O)c1ccc(NC(=O)Nc2nncs2)cc1. The maximum Gasteiger partial charge on any atom is 0.325 e. The van der Waals surface area contributed by atoms with Crippen molar-refractivity contribution in [2.24, 2.45) is 0 Å².